The number of hydrogen-bond acceptors (Lipinski definition) is 5. The number of aryl methyl sites for hydroxylation is 1. The van der Waals surface area contributed by atoms with E-state index in [1.807, 2.05) is 43.3 Å². The van der Waals surface area contributed by atoms with Crippen LogP contribution in [-0.2, 0) is 6.42 Å². The molecule has 2 aromatic carbocycles. The molecule has 0 radical (unpaired) electrons. The summed E-state index contributed by atoms with van der Waals surface area (Å²) in [5.74, 6) is 1.05. The first-order chi connectivity index (χ1) is 13.8. The Bertz CT molecular complexity index is 1080. The lowest BCUT2D eigenvalue weighted by Crippen LogP contribution is -2.29. The molecule has 0 unspecified atom stereocenters. The molecule has 29 heavy (non-hydrogen) atoms. The van der Waals surface area contributed by atoms with Crippen molar-refractivity contribution in [3.8, 4) is 0 Å². The normalized spacial score (nSPS) is 15.0. The SMILES string of the molecule is Cc1cccc(Nc2nc3c(c(Nc4ccc(Cl)cc4)n2)C(=O)CC(C)(C)C3)c1. The lowest BCUT2D eigenvalue weighted by Gasteiger charge is -2.30. The number of nitrogens with zero attached hydrogens (tertiary/aromatic N) is 2. The molecular formula is C23H23ClN4O. The van der Waals surface area contributed by atoms with Crippen LogP contribution in [0.4, 0.5) is 23.1 Å². The summed E-state index contributed by atoms with van der Waals surface area (Å²) in [7, 11) is 0. The number of hydrogen-bond donors (Lipinski definition) is 2. The first kappa shape index (κ1) is 19.4. The Kier molecular flexibility index (Phi) is 5.01. The van der Waals surface area contributed by atoms with E-state index >= 15 is 0 Å². The third-order valence-electron chi connectivity index (χ3n) is 4.93. The van der Waals surface area contributed by atoms with E-state index in [2.05, 4.69) is 29.5 Å². The molecule has 1 aliphatic carbocycles. The molecule has 148 valence electrons. The molecule has 1 aliphatic rings. The second-order valence-corrected chi connectivity index (χ2v) is 8.72. The van der Waals surface area contributed by atoms with Gasteiger partial charge in [0.15, 0.2) is 5.78 Å². The number of fused-ring (bicyclic) bond motifs is 1. The zero-order chi connectivity index (χ0) is 20.6. The summed E-state index contributed by atoms with van der Waals surface area (Å²) in [5.41, 5.74) is 4.08. The van der Waals surface area contributed by atoms with Crippen molar-refractivity contribution in [2.45, 2.75) is 33.6 Å². The molecule has 0 bridgehead atoms. The van der Waals surface area contributed by atoms with E-state index in [1.54, 1.807) is 12.1 Å². The van der Waals surface area contributed by atoms with Gasteiger partial charge in [-0.15, -0.1) is 0 Å². The third kappa shape index (κ3) is 4.40. The van der Waals surface area contributed by atoms with Gasteiger partial charge in [0.05, 0.1) is 11.3 Å². The minimum Gasteiger partial charge on any atom is -0.339 e. The topological polar surface area (TPSA) is 66.9 Å². The van der Waals surface area contributed by atoms with Gasteiger partial charge >= 0.3 is 0 Å². The molecular weight excluding hydrogens is 384 g/mol. The zero-order valence-corrected chi connectivity index (χ0v) is 17.5. The molecule has 0 spiro atoms. The summed E-state index contributed by atoms with van der Waals surface area (Å²) in [4.78, 5) is 22.3. The van der Waals surface area contributed by atoms with E-state index in [9.17, 15) is 4.79 Å². The molecule has 0 fully saturated rings. The zero-order valence-electron chi connectivity index (χ0n) is 16.7. The molecule has 0 saturated carbocycles. The highest BCUT2D eigenvalue weighted by Crippen LogP contribution is 2.38. The van der Waals surface area contributed by atoms with Gasteiger partial charge in [0.25, 0.3) is 0 Å². The second kappa shape index (κ2) is 7.48. The first-order valence-electron chi connectivity index (χ1n) is 9.59. The van der Waals surface area contributed by atoms with E-state index < -0.39 is 0 Å². The van der Waals surface area contributed by atoms with Gasteiger partial charge < -0.3 is 10.6 Å². The molecule has 2 N–H and O–H groups in total. The Balaban J connectivity index is 1.77. The number of anilines is 4. The molecule has 3 aromatic rings. The largest absolute Gasteiger partial charge is 0.339 e. The van der Waals surface area contributed by atoms with Crippen molar-refractivity contribution >= 4 is 40.5 Å². The third-order valence-corrected chi connectivity index (χ3v) is 5.18. The number of Topliss-reactive ketones (excluding diaryl/α,β-unsaturated/α-hetero) is 1. The summed E-state index contributed by atoms with van der Waals surface area (Å²) in [5, 5.41) is 7.21. The van der Waals surface area contributed by atoms with E-state index in [0.29, 0.717) is 35.2 Å². The highest BCUT2D eigenvalue weighted by Gasteiger charge is 2.35. The smallest absolute Gasteiger partial charge is 0.229 e. The molecule has 0 aliphatic heterocycles. The number of aromatic nitrogens is 2. The van der Waals surface area contributed by atoms with Gasteiger partial charge in [-0.25, -0.2) is 4.98 Å². The van der Waals surface area contributed by atoms with Gasteiger partial charge in [0.2, 0.25) is 5.95 Å². The number of benzene rings is 2. The maximum absolute atomic E-state index is 12.9. The highest BCUT2D eigenvalue weighted by atomic mass is 35.5. The van der Waals surface area contributed by atoms with Crippen LogP contribution >= 0.6 is 11.6 Å². The summed E-state index contributed by atoms with van der Waals surface area (Å²) < 4.78 is 0. The first-order valence-corrected chi connectivity index (χ1v) is 9.97. The van der Waals surface area contributed by atoms with Crippen molar-refractivity contribution < 1.29 is 4.79 Å². The lowest BCUT2D eigenvalue weighted by molar-refractivity contribution is 0.0911. The Morgan fingerprint density at radius 3 is 2.45 bits per heavy atom. The van der Waals surface area contributed by atoms with Crippen molar-refractivity contribution in [1.29, 1.82) is 0 Å². The Morgan fingerprint density at radius 2 is 1.72 bits per heavy atom. The van der Waals surface area contributed by atoms with Crippen molar-refractivity contribution in [2.24, 2.45) is 5.41 Å². The molecule has 0 amide bonds. The molecule has 0 saturated heterocycles. The van der Waals surface area contributed by atoms with E-state index in [0.717, 1.165) is 22.6 Å². The van der Waals surface area contributed by atoms with E-state index in [4.69, 9.17) is 16.6 Å². The second-order valence-electron chi connectivity index (χ2n) is 8.28. The fourth-order valence-electron chi connectivity index (χ4n) is 3.64. The quantitative estimate of drug-likeness (QED) is 0.549. The summed E-state index contributed by atoms with van der Waals surface area (Å²) in [6.07, 6.45) is 1.19. The lowest BCUT2D eigenvalue weighted by atomic mass is 9.75. The predicted octanol–water partition coefficient (Wildman–Crippen LogP) is 6.08. The number of carbonyl (C=O) groups is 1. The maximum Gasteiger partial charge on any atom is 0.229 e. The summed E-state index contributed by atoms with van der Waals surface area (Å²) in [6.45, 7) is 6.22. The Hall–Kier alpha value is -2.92. The fourth-order valence-corrected chi connectivity index (χ4v) is 3.76. The summed E-state index contributed by atoms with van der Waals surface area (Å²) in [6, 6.07) is 15.3. The van der Waals surface area contributed by atoms with Crippen molar-refractivity contribution in [2.75, 3.05) is 10.6 Å². The number of ketones is 1. The van der Waals surface area contributed by atoms with Gasteiger partial charge in [-0.2, -0.15) is 4.98 Å². The maximum atomic E-state index is 12.9. The van der Waals surface area contributed by atoms with Crippen LogP contribution in [0.5, 0.6) is 0 Å². The molecule has 6 heteroatoms. The van der Waals surface area contributed by atoms with Crippen LogP contribution in [0.3, 0.4) is 0 Å². The molecule has 1 aromatic heterocycles. The average molecular weight is 407 g/mol. The minimum absolute atomic E-state index is 0.0646. The molecule has 1 heterocycles. The van der Waals surface area contributed by atoms with Gasteiger partial charge in [0.1, 0.15) is 5.82 Å². The van der Waals surface area contributed by atoms with Gasteiger partial charge in [-0.05, 0) is 60.7 Å². The van der Waals surface area contributed by atoms with Crippen molar-refractivity contribution in [1.82, 2.24) is 9.97 Å². The average Bonchev–Trinajstić information content (AvgIpc) is 2.62. The number of halogens is 1. The minimum atomic E-state index is -0.128. The van der Waals surface area contributed by atoms with Crippen LogP contribution in [-0.4, -0.2) is 15.8 Å². The summed E-state index contributed by atoms with van der Waals surface area (Å²) >= 11 is 6.00. The van der Waals surface area contributed by atoms with Crippen LogP contribution < -0.4 is 10.6 Å². The number of nitrogens with one attached hydrogen (secondary N) is 2. The number of carbonyl (C=O) groups excluding carboxylic acids is 1. The molecule has 4 rings (SSSR count). The highest BCUT2D eigenvalue weighted by molar-refractivity contribution is 6.30. The van der Waals surface area contributed by atoms with Crippen LogP contribution in [0.2, 0.25) is 5.02 Å². The van der Waals surface area contributed by atoms with Gasteiger partial charge in [-0.3, -0.25) is 4.79 Å². The standard InChI is InChI=1S/C23H23ClN4O/c1-14-5-4-6-17(11-14)26-22-27-18-12-23(2,3)13-19(29)20(18)21(28-22)25-16-9-7-15(24)8-10-16/h4-11H,12-13H2,1-3H3,(H2,25,26,27,28). The van der Waals surface area contributed by atoms with Crippen LogP contribution in [0.15, 0.2) is 48.5 Å². The van der Waals surface area contributed by atoms with Crippen molar-refractivity contribution in [3.63, 3.8) is 0 Å². The van der Waals surface area contributed by atoms with E-state index in [1.165, 1.54) is 0 Å². The monoisotopic (exact) mass is 406 g/mol. The Labute approximate surface area is 175 Å². The molecule has 0 atom stereocenters. The van der Waals surface area contributed by atoms with Crippen LogP contribution in [0, 0.1) is 12.3 Å². The van der Waals surface area contributed by atoms with E-state index in [-0.39, 0.29) is 11.2 Å². The van der Waals surface area contributed by atoms with Crippen molar-refractivity contribution in [3.05, 3.63) is 70.4 Å². The number of rotatable bonds is 4. The van der Waals surface area contributed by atoms with Gasteiger partial charge in [0, 0.05) is 22.8 Å². The van der Waals surface area contributed by atoms with Crippen LogP contribution in [0.1, 0.15) is 41.9 Å². The predicted molar refractivity (Wildman–Crippen MR) is 118 cm³/mol. The Morgan fingerprint density at radius 1 is 0.966 bits per heavy atom. The van der Waals surface area contributed by atoms with Crippen LogP contribution in [0.25, 0.3) is 0 Å². The van der Waals surface area contributed by atoms with Gasteiger partial charge in [-0.1, -0.05) is 37.6 Å². The fraction of sp³-hybridized carbons (Fsp3) is 0.261. The molecule has 5 nitrogen and oxygen atoms in total.